The lowest BCUT2D eigenvalue weighted by atomic mass is 10.0. The third kappa shape index (κ3) is 4.85. The third-order valence-electron chi connectivity index (χ3n) is 2.12. The number of carbonyl (C=O) groups excluding carboxylic acids is 1. The molecule has 0 rings (SSSR count). The van der Waals surface area contributed by atoms with Gasteiger partial charge in [-0.15, -0.1) is 0 Å². The van der Waals surface area contributed by atoms with E-state index in [0.717, 1.165) is 6.42 Å². The van der Waals surface area contributed by atoms with Crippen LogP contribution in [0.15, 0.2) is 0 Å². The Morgan fingerprint density at radius 1 is 1.54 bits per heavy atom. The van der Waals surface area contributed by atoms with E-state index in [-0.39, 0.29) is 11.9 Å². The molecule has 4 heteroatoms. The van der Waals surface area contributed by atoms with Crippen molar-refractivity contribution >= 4 is 5.97 Å². The SMILES string of the molecule is CC[C@H](C)[C@H](N)C(=O)OCCCN. The number of carbonyl (C=O) groups is 1. The van der Waals surface area contributed by atoms with Gasteiger partial charge in [0.25, 0.3) is 0 Å². The Morgan fingerprint density at radius 3 is 2.62 bits per heavy atom. The van der Waals surface area contributed by atoms with Gasteiger partial charge in [-0.05, 0) is 18.9 Å². The summed E-state index contributed by atoms with van der Waals surface area (Å²) in [4.78, 5) is 11.2. The van der Waals surface area contributed by atoms with Crippen molar-refractivity contribution in [3.63, 3.8) is 0 Å². The zero-order valence-corrected chi connectivity index (χ0v) is 8.45. The number of hydrogen-bond acceptors (Lipinski definition) is 4. The monoisotopic (exact) mass is 188 g/mol. The van der Waals surface area contributed by atoms with Crippen molar-refractivity contribution in [1.82, 2.24) is 0 Å². The summed E-state index contributed by atoms with van der Waals surface area (Å²) in [5, 5.41) is 0. The molecule has 4 N–H and O–H groups in total. The minimum absolute atomic E-state index is 0.172. The number of esters is 1. The molecule has 2 atom stereocenters. The van der Waals surface area contributed by atoms with Gasteiger partial charge >= 0.3 is 5.97 Å². The Bertz CT molecular complexity index is 151. The minimum atomic E-state index is -0.497. The van der Waals surface area contributed by atoms with Crippen LogP contribution in [0.2, 0.25) is 0 Å². The molecule has 0 aromatic carbocycles. The Labute approximate surface area is 79.6 Å². The van der Waals surface area contributed by atoms with Gasteiger partial charge in [-0.3, -0.25) is 4.79 Å². The van der Waals surface area contributed by atoms with E-state index in [2.05, 4.69) is 0 Å². The molecule has 0 aromatic rings. The summed E-state index contributed by atoms with van der Waals surface area (Å²) < 4.78 is 4.92. The number of rotatable bonds is 6. The van der Waals surface area contributed by atoms with Gasteiger partial charge in [-0.1, -0.05) is 20.3 Å². The van der Waals surface area contributed by atoms with Crippen LogP contribution < -0.4 is 11.5 Å². The number of nitrogens with two attached hydrogens (primary N) is 2. The summed E-state index contributed by atoms with van der Waals surface area (Å²) in [6.45, 7) is 4.85. The zero-order chi connectivity index (χ0) is 10.3. The molecule has 78 valence electrons. The average Bonchev–Trinajstić information content (AvgIpc) is 2.15. The van der Waals surface area contributed by atoms with E-state index in [1.165, 1.54) is 0 Å². The molecule has 0 saturated carbocycles. The zero-order valence-electron chi connectivity index (χ0n) is 8.45. The average molecular weight is 188 g/mol. The standard InChI is InChI=1S/C9H20N2O2/c1-3-7(2)8(11)9(12)13-6-4-5-10/h7-8H,3-6,10-11H2,1-2H3/t7-,8-/m0/s1. The first-order chi connectivity index (χ1) is 6.13. The summed E-state index contributed by atoms with van der Waals surface area (Å²) in [7, 11) is 0. The fraction of sp³-hybridized carbons (Fsp3) is 0.889. The fourth-order valence-corrected chi connectivity index (χ4v) is 0.839. The molecule has 0 spiro atoms. The second kappa shape index (κ2) is 6.86. The number of ether oxygens (including phenoxy) is 1. The van der Waals surface area contributed by atoms with E-state index in [9.17, 15) is 4.79 Å². The van der Waals surface area contributed by atoms with E-state index in [1.54, 1.807) is 0 Å². The Morgan fingerprint density at radius 2 is 2.15 bits per heavy atom. The van der Waals surface area contributed by atoms with E-state index in [1.807, 2.05) is 13.8 Å². The molecule has 0 bridgehead atoms. The van der Waals surface area contributed by atoms with Gasteiger partial charge in [0.2, 0.25) is 0 Å². The molecule has 4 nitrogen and oxygen atoms in total. The Kier molecular flexibility index (Phi) is 6.54. The van der Waals surface area contributed by atoms with Crippen molar-refractivity contribution in [2.45, 2.75) is 32.7 Å². The van der Waals surface area contributed by atoms with Crippen molar-refractivity contribution in [1.29, 1.82) is 0 Å². The molecule has 0 aliphatic carbocycles. The highest BCUT2D eigenvalue weighted by molar-refractivity contribution is 5.75. The Hall–Kier alpha value is -0.610. The highest BCUT2D eigenvalue weighted by Crippen LogP contribution is 2.06. The first-order valence-electron chi connectivity index (χ1n) is 4.75. The minimum Gasteiger partial charge on any atom is -0.464 e. The van der Waals surface area contributed by atoms with Crippen LogP contribution in [0.3, 0.4) is 0 Å². The summed E-state index contributed by atoms with van der Waals surface area (Å²) in [6, 6.07) is -0.497. The van der Waals surface area contributed by atoms with Gasteiger partial charge in [0.1, 0.15) is 6.04 Å². The molecule has 0 heterocycles. The lowest BCUT2D eigenvalue weighted by Gasteiger charge is -2.16. The summed E-state index contributed by atoms with van der Waals surface area (Å²) in [6.07, 6.45) is 1.58. The van der Waals surface area contributed by atoms with Gasteiger partial charge in [0.05, 0.1) is 6.61 Å². The van der Waals surface area contributed by atoms with Crippen LogP contribution in [0.25, 0.3) is 0 Å². The molecule has 13 heavy (non-hydrogen) atoms. The molecular formula is C9H20N2O2. The topological polar surface area (TPSA) is 78.3 Å². The predicted octanol–water partition coefficient (Wildman–Crippen LogP) is 0.252. The Balaban J connectivity index is 3.69. The number of hydrogen-bond donors (Lipinski definition) is 2. The summed E-state index contributed by atoms with van der Waals surface area (Å²) in [5.41, 5.74) is 10.9. The predicted molar refractivity (Wildman–Crippen MR) is 52.1 cm³/mol. The van der Waals surface area contributed by atoms with Crippen molar-refractivity contribution in [2.24, 2.45) is 17.4 Å². The molecule has 0 amide bonds. The quantitative estimate of drug-likeness (QED) is 0.462. The normalized spacial score (nSPS) is 15.1. The van der Waals surface area contributed by atoms with Crippen molar-refractivity contribution in [2.75, 3.05) is 13.2 Å². The molecular weight excluding hydrogens is 168 g/mol. The summed E-state index contributed by atoms with van der Waals surface area (Å²) >= 11 is 0. The van der Waals surface area contributed by atoms with E-state index < -0.39 is 6.04 Å². The molecule has 0 aliphatic rings. The van der Waals surface area contributed by atoms with Crippen molar-refractivity contribution in [3.8, 4) is 0 Å². The van der Waals surface area contributed by atoms with Gasteiger partial charge < -0.3 is 16.2 Å². The van der Waals surface area contributed by atoms with Crippen LogP contribution >= 0.6 is 0 Å². The maximum Gasteiger partial charge on any atom is 0.323 e. The highest BCUT2D eigenvalue weighted by Gasteiger charge is 2.20. The molecule has 0 saturated heterocycles. The van der Waals surface area contributed by atoms with Crippen LogP contribution in [0.1, 0.15) is 26.7 Å². The van der Waals surface area contributed by atoms with E-state index in [0.29, 0.717) is 19.6 Å². The van der Waals surface area contributed by atoms with Crippen molar-refractivity contribution < 1.29 is 9.53 Å². The van der Waals surface area contributed by atoms with E-state index >= 15 is 0 Å². The first kappa shape index (κ1) is 12.4. The van der Waals surface area contributed by atoms with Crippen LogP contribution in [0.4, 0.5) is 0 Å². The third-order valence-corrected chi connectivity index (χ3v) is 2.12. The lowest BCUT2D eigenvalue weighted by Crippen LogP contribution is -2.38. The van der Waals surface area contributed by atoms with Crippen LogP contribution in [0.5, 0.6) is 0 Å². The van der Waals surface area contributed by atoms with Gasteiger partial charge in [-0.2, -0.15) is 0 Å². The van der Waals surface area contributed by atoms with Gasteiger partial charge in [-0.25, -0.2) is 0 Å². The van der Waals surface area contributed by atoms with Crippen LogP contribution in [-0.4, -0.2) is 25.2 Å². The van der Waals surface area contributed by atoms with Crippen molar-refractivity contribution in [3.05, 3.63) is 0 Å². The summed E-state index contributed by atoms with van der Waals surface area (Å²) in [5.74, 6) is -0.145. The molecule has 0 unspecified atom stereocenters. The smallest absolute Gasteiger partial charge is 0.323 e. The van der Waals surface area contributed by atoms with Crippen LogP contribution in [0, 0.1) is 5.92 Å². The lowest BCUT2D eigenvalue weighted by molar-refractivity contribution is -0.146. The highest BCUT2D eigenvalue weighted by atomic mass is 16.5. The molecule has 0 fully saturated rings. The van der Waals surface area contributed by atoms with E-state index in [4.69, 9.17) is 16.2 Å². The molecule has 0 radical (unpaired) electrons. The second-order valence-electron chi connectivity index (χ2n) is 3.22. The first-order valence-corrected chi connectivity index (χ1v) is 4.75. The maximum absolute atomic E-state index is 11.2. The maximum atomic E-state index is 11.2. The molecule has 0 aromatic heterocycles. The largest absolute Gasteiger partial charge is 0.464 e. The van der Waals surface area contributed by atoms with Gasteiger partial charge in [0.15, 0.2) is 0 Å². The fourth-order valence-electron chi connectivity index (χ4n) is 0.839. The van der Waals surface area contributed by atoms with Gasteiger partial charge in [0, 0.05) is 0 Å². The second-order valence-corrected chi connectivity index (χ2v) is 3.22. The molecule has 0 aliphatic heterocycles. The van der Waals surface area contributed by atoms with Crippen LogP contribution in [-0.2, 0) is 9.53 Å².